The fraction of sp³-hybridized carbons (Fsp3) is 0.769. The van der Waals surface area contributed by atoms with Gasteiger partial charge >= 0.3 is 0 Å². The number of hydrogen-bond donors (Lipinski definition) is 1. The molecule has 0 saturated heterocycles. The van der Waals surface area contributed by atoms with E-state index in [1.807, 2.05) is 0 Å². The number of nitrogens with one attached hydrogen (secondary N) is 1. The van der Waals surface area contributed by atoms with Crippen LogP contribution in [0.3, 0.4) is 0 Å². The summed E-state index contributed by atoms with van der Waals surface area (Å²) in [6.45, 7) is 12.1. The van der Waals surface area contributed by atoms with Crippen LogP contribution >= 0.6 is 0 Å². The molecule has 2 heterocycles. The van der Waals surface area contributed by atoms with Crippen LogP contribution in [0.25, 0.3) is 0 Å². The fourth-order valence-corrected chi connectivity index (χ4v) is 2.45. The van der Waals surface area contributed by atoms with Crippen LogP contribution in [-0.2, 0) is 13.1 Å². The largest absolute Gasteiger partial charge is 0.304 e. The lowest BCUT2D eigenvalue weighted by Crippen LogP contribution is -2.25. The minimum atomic E-state index is 0.474. The van der Waals surface area contributed by atoms with Gasteiger partial charge in [-0.05, 0) is 33.0 Å². The monoisotopic (exact) mass is 236 g/mol. The van der Waals surface area contributed by atoms with E-state index in [2.05, 4.69) is 47.0 Å². The van der Waals surface area contributed by atoms with E-state index in [0.717, 1.165) is 26.2 Å². The van der Waals surface area contributed by atoms with Gasteiger partial charge in [0, 0.05) is 30.9 Å². The second kappa shape index (κ2) is 5.65. The number of fused-ring (bicyclic) bond motifs is 1. The lowest BCUT2D eigenvalue weighted by atomic mass is 10.2. The number of hydrogen-bond acceptors (Lipinski definition) is 3. The van der Waals surface area contributed by atoms with Gasteiger partial charge in [-0.2, -0.15) is 5.10 Å². The van der Waals surface area contributed by atoms with Crippen molar-refractivity contribution in [1.82, 2.24) is 20.0 Å². The highest BCUT2D eigenvalue weighted by Crippen LogP contribution is 2.23. The van der Waals surface area contributed by atoms with Crippen molar-refractivity contribution >= 4 is 0 Å². The Labute approximate surface area is 104 Å². The third-order valence-electron chi connectivity index (χ3n) is 3.67. The lowest BCUT2D eigenvalue weighted by molar-refractivity contribution is 0.290. The molecular weight excluding hydrogens is 212 g/mol. The van der Waals surface area contributed by atoms with E-state index in [1.165, 1.54) is 24.2 Å². The molecule has 2 rings (SSSR count). The highest BCUT2D eigenvalue weighted by molar-refractivity contribution is 5.25. The average molecular weight is 236 g/mol. The van der Waals surface area contributed by atoms with E-state index in [9.17, 15) is 0 Å². The molecule has 0 aromatic carbocycles. The Morgan fingerprint density at radius 3 is 2.88 bits per heavy atom. The van der Waals surface area contributed by atoms with Crippen LogP contribution in [0.1, 0.15) is 44.5 Å². The van der Waals surface area contributed by atoms with Crippen molar-refractivity contribution in [3.63, 3.8) is 0 Å². The topological polar surface area (TPSA) is 33.1 Å². The first-order valence-corrected chi connectivity index (χ1v) is 6.76. The minimum absolute atomic E-state index is 0.474. The third-order valence-corrected chi connectivity index (χ3v) is 3.67. The fourth-order valence-electron chi connectivity index (χ4n) is 2.45. The molecule has 0 aliphatic carbocycles. The first-order valence-electron chi connectivity index (χ1n) is 6.76. The maximum absolute atomic E-state index is 4.63. The highest BCUT2D eigenvalue weighted by Gasteiger charge is 2.21. The molecule has 17 heavy (non-hydrogen) atoms. The van der Waals surface area contributed by atoms with Gasteiger partial charge in [-0.25, -0.2) is 0 Å². The van der Waals surface area contributed by atoms with Crippen LogP contribution in [0.4, 0.5) is 0 Å². The van der Waals surface area contributed by atoms with Crippen LogP contribution in [0.15, 0.2) is 6.20 Å². The second-order valence-electron chi connectivity index (χ2n) is 4.78. The van der Waals surface area contributed by atoms with Crippen LogP contribution in [0.5, 0.6) is 0 Å². The molecule has 1 aliphatic heterocycles. The highest BCUT2D eigenvalue weighted by atomic mass is 15.3. The van der Waals surface area contributed by atoms with Crippen LogP contribution in [0.2, 0.25) is 0 Å². The van der Waals surface area contributed by atoms with Crippen molar-refractivity contribution in [2.24, 2.45) is 0 Å². The zero-order valence-electron chi connectivity index (χ0n) is 11.2. The Hall–Kier alpha value is -0.870. The lowest BCUT2D eigenvalue weighted by Gasteiger charge is -2.17. The second-order valence-corrected chi connectivity index (χ2v) is 4.78. The van der Waals surface area contributed by atoms with E-state index >= 15 is 0 Å². The predicted molar refractivity (Wildman–Crippen MR) is 69.9 cm³/mol. The van der Waals surface area contributed by atoms with Gasteiger partial charge in [-0.3, -0.25) is 4.68 Å². The molecule has 1 unspecified atom stereocenters. The standard InChI is InChI=1S/C13H24N4/c1-4-16(5-2)7-6-8-17-10-12-11(3)14-9-13(12)15-17/h10-11,14H,4-9H2,1-3H3. The van der Waals surface area contributed by atoms with Gasteiger partial charge in [0.05, 0.1) is 5.69 Å². The number of aryl methyl sites for hydroxylation is 1. The van der Waals surface area contributed by atoms with Gasteiger partial charge in [-0.15, -0.1) is 0 Å². The summed E-state index contributed by atoms with van der Waals surface area (Å²) in [7, 11) is 0. The molecule has 1 atom stereocenters. The molecule has 96 valence electrons. The Kier molecular flexibility index (Phi) is 4.18. The summed E-state index contributed by atoms with van der Waals surface area (Å²) in [6.07, 6.45) is 3.40. The molecule has 0 fully saturated rings. The molecule has 4 heteroatoms. The summed E-state index contributed by atoms with van der Waals surface area (Å²) in [6, 6.07) is 0.474. The van der Waals surface area contributed by atoms with E-state index in [0.29, 0.717) is 6.04 Å². The molecule has 0 radical (unpaired) electrons. The maximum atomic E-state index is 4.63. The molecule has 0 spiro atoms. The Morgan fingerprint density at radius 1 is 1.47 bits per heavy atom. The zero-order chi connectivity index (χ0) is 12.3. The molecule has 1 aromatic heterocycles. The zero-order valence-corrected chi connectivity index (χ0v) is 11.2. The van der Waals surface area contributed by atoms with E-state index in [1.54, 1.807) is 0 Å². The summed E-state index contributed by atoms with van der Waals surface area (Å²) in [4.78, 5) is 2.46. The van der Waals surface area contributed by atoms with Crippen molar-refractivity contribution in [3.8, 4) is 0 Å². The molecule has 1 aliphatic rings. The van der Waals surface area contributed by atoms with E-state index in [4.69, 9.17) is 0 Å². The summed E-state index contributed by atoms with van der Waals surface area (Å²) in [5.74, 6) is 0. The van der Waals surface area contributed by atoms with Gasteiger partial charge in [0.25, 0.3) is 0 Å². The van der Waals surface area contributed by atoms with E-state index < -0.39 is 0 Å². The van der Waals surface area contributed by atoms with Gasteiger partial charge in [0.1, 0.15) is 0 Å². The SMILES string of the molecule is CCN(CC)CCCn1cc2c(n1)CNC2C. The summed E-state index contributed by atoms with van der Waals surface area (Å²) in [5.41, 5.74) is 2.62. The number of nitrogens with zero attached hydrogens (tertiary/aromatic N) is 3. The molecule has 0 bridgehead atoms. The first-order chi connectivity index (χ1) is 8.24. The smallest absolute Gasteiger partial charge is 0.0810 e. The average Bonchev–Trinajstić information content (AvgIpc) is 2.88. The minimum Gasteiger partial charge on any atom is -0.304 e. The quantitative estimate of drug-likeness (QED) is 0.817. The summed E-state index contributed by atoms with van der Waals surface area (Å²) in [5, 5.41) is 8.03. The van der Waals surface area contributed by atoms with Crippen molar-refractivity contribution in [2.75, 3.05) is 19.6 Å². The first kappa shape index (κ1) is 12.6. The van der Waals surface area contributed by atoms with Crippen molar-refractivity contribution in [1.29, 1.82) is 0 Å². The molecular formula is C13H24N4. The molecule has 0 amide bonds. The molecule has 0 saturated carbocycles. The Balaban J connectivity index is 1.82. The van der Waals surface area contributed by atoms with Crippen LogP contribution in [-0.4, -0.2) is 34.3 Å². The van der Waals surface area contributed by atoms with Crippen molar-refractivity contribution < 1.29 is 0 Å². The Bertz CT molecular complexity index is 354. The third kappa shape index (κ3) is 2.87. The predicted octanol–water partition coefficient (Wildman–Crippen LogP) is 1.78. The molecule has 4 nitrogen and oxygen atoms in total. The Morgan fingerprint density at radius 2 is 2.24 bits per heavy atom. The number of rotatable bonds is 6. The van der Waals surface area contributed by atoms with Gasteiger partial charge in [0.15, 0.2) is 0 Å². The van der Waals surface area contributed by atoms with E-state index in [-0.39, 0.29) is 0 Å². The van der Waals surface area contributed by atoms with Crippen LogP contribution < -0.4 is 5.32 Å². The summed E-state index contributed by atoms with van der Waals surface area (Å²) >= 11 is 0. The number of aromatic nitrogens is 2. The van der Waals surface area contributed by atoms with Gasteiger partial charge in [0.2, 0.25) is 0 Å². The maximum Gasteiger partial charge on any atom is 0.0810 e. The van der Waals surface area contributed by atoms with Gasteiger partial charge in [-0.1, -0.05) is 13.8 Å². The molecule has 1 N–H and O–H groups in total. The van der Waals surface area contributed by atoms with Crippen LogP contribution in [0, 0.1) is 0 Å². The molecule has 1 aromatic rings. The normalized spacial score (nSPS) is 18.9. The summed E-state index contributed by atoms with van der Waals surface area (Å²) < 4.78 is 2.12. The van der Waals surface area contributed by atoms with Crippen molar-refractivity contribution in [3.05, 3.63) is 17.5 Å². The van der Waals surface area contributed by atoms with Gasteiger partial charge < -0.3 is 10.2 Å². The van der Waals surface area contributed by atoms with Crippen molar-refractivity contribution in [2.45, 2.75) is 46.3 Å².